The minimum atomic E-state index is -0.217. The third kappa shape index (κ3) is 3.48. The summed E-state index contributed by atoms with van der Waals surface area (Å²) in [7, 11) is 0. The number of aryl methyl sites for hydroxylation is 2. The Labute approximate surface area is 164 Å². The Hall–Kier alpha value is -2.83. The van der Waals surface area contributed by atoms with Crippen molar-refractivity contribution < 1.29 is 9.21 Å². The van der Waals surface area contributed by atoms with Gasteiger partial charge in [-0.2, -0.15) is 5.10 Å². The first-order valence-corrected chi connectivity index (χ1v) is 9.91. The molecule has 3 aromatic rings. The highest BCUT2D eigenvalue weighted by molar-refractivity contribution is 5.82. The average Bonchev–Trinajstić information content (AvgIpc) is 3.23. The van der Waals surface area contributed by atoms with E-state index in [9.17, 15) is 4.79 Å². The molecule has 3 heterocycles. The first-order chi connectivity index (χ1) is 13.4. The van der Waals surface area contributed by atoms with E-state index >= 15 is 0 Å². The van der Waals surface area contributed by atoms with Gasteiger partial charge in [-0.15, -0.1) is 0 Å². The number of nitrogens with one attached hydrogen (secondary N) is 2. The van der Waals surface area contributed by atoms with Crippen molar-refractivity contribution >= 4 is 17.0 Å². The van der Waals surface area contributed by atoms with Gasteiger partial charge in [-0.1, -0.05) is 32.0 Å². The van der Waals surface area contributed by atoms with E-state index in [1.165, 1.54) is 0 Å². The second-order valence-corrected chi connectivity index (χ2v) is 7.89. The quantitative estimate of drug-likeness (QED) is 0.719. The molecule has 7 nitrogen and oxygen atoms in total. The summed E-state index contributed by atoms with van der Waals surface area (Å²) < 4.78 is 7.89. The maximum Gasteiger partial charge on any atom is 0.315 e. The van der Waals surface area contributed by atoms with Crippen LogP contribution in [0, 0.1) is 6.92 Å². The fourth-order valence-electron chi connectivity index (χ4n) is 3.79. The van der Waals surface area contributed by atoms with E-state index in [4.69, 9.17) is 4.42 Å². The predicted molar refractivity (Wildman–Crippen MR) is 107 cm³/mol. The molecule has 28 heavy (non-hydrogen) atoms. The molecule has 1 aliphatic heterocycles. The number of hydrogen-bond donors (Lipinski definition) is 2. The van der Waals surface area contributed by atoms with Crippen molar-refractivity contribution in [1.82, 2.24) is 25.4 Å². The van der Waals surface area contributed by atoms with E-state index in [1.807, 2.05) is 42.8 Å². The lowest BCUT2D eigenvalue weighted by Gasteiger charge is -2.24. The SMILES string of the molecule is Cc1c([C@@H](C)NC(=O)NC2CCc3nc(C(C)C)nn3C2)oc2ccccc12. The Morgan fingerprint density at radius 3 is 2.82 bits per heavy atom. The molecular weight excluding hydrogens is 354 g/mol. The lowest BCUT2D eigenvalue weighted by atomic mass is 10.1. The van der Waals surface area contributed by atoms with Crippen molar-refractivity contribution in [2.24, 2.45) is 0 Å². The number of hydrogen-bond acceptors (Lipinski definition) is 4. The number of para-hydroxylation sites is 1. The van der Waals surface area contributed by atoms with Crippen molar-refractivity contribution in [2.45, 2.75) is 65.1 Å². The highest BCUT2D eigenvalue weighted by Crippen LogP contribution is 2.29. The van der Waals surface area contributed by atoms with Crippen LogP contribution in [0.5, 0.6) is 0 Å². The van der Waals surface area contributed by atoms with Crippen LogP contribution in [-0.4, -0.2) is 26.8 Å². The number of carbonyl (C=O) groups is 1. The molecule has 0 fully saturated rings. The Balaban J connectivity index is 1.39. The molecular formula is C21H27N5O2. The normalized spacial score (nSPS) is 17.5. The standard InChI is InChI=1S/C21H27N5O2/c1-12(2)20-24-18-10-9-15(11-26(18)25-20)23-21(27)22-14(4)19-13(3)16-7-5-6-8-17(16)28-19/h5-8,12,14-15H,9-11H2,1-4H3,(H2,22,23,27)/t14-,15?/m1/s1. The van der Waals surface area contributed by atoms with Crippen LogP contribution < -0.4 is 10.6 Å². The van der Waals surface area contributed by atoms with Crippen molar-refractivity contribution in [3.05, 3.63) is 47.2 Å². The van der Waals surface area contributed by atoms with Gasteiger partial charge in [0.05, 0.1) is 18.6 Å². The molecule has 4 rings (SSSR count). The highest BCUT2D eigenvalue weighted by Gasteiger charge is 2.25. The second-order valence-electron chi connectivity index (χ2n) is 7.89. The monoisotopic (exact) mass is 381 g/mol. The van der Waals surface area contributed by atoms with Crippen LogP contribution in [0.25, 0.3) is 11.0 Å². The number of amides is 2. The van der Waals surface area contributed by atoms with Crippen LogP contribution >= 0.6 is 0 Å². The molecule has 1 unspecified atom stereocenters. The number of carbonyl (C=O) groups excluding carboxylic acids is 1. The van der Waals surface area contributed by atoms with Crippen LogP contribution in [0.1, 0.15) is 62.1 Å². The third-order valence-corrected chi connectivity index (χ3v) is 5.35. The highest BCUT2D eigenvalue weighted by atomic mass is 16.3. The molecule has 2 aromatic heterocycles. The molecule has 2 amide bonds. The number of benzene rings is 1. The van der Waals surface area contributed by atoms with Gasteiger partial charge < -0.3 is 15.1 Å². The fourth-order valence-corrected chi connectivity index (χ4v) is 3.79. The van der Waals surface area contributed by atoms with Gasteiger partial charge in [0.25, 0.3) is 0 Å². The van der Waals surface area contributed by atoms with E-state index < -0.39 is 0 Å². The molecule has 2 atom stereocenters. The summed E-state index contributed by atoms with van der Waals surface area (Å²) in [6.45, 7) is 8.80. The van der Waals surface area contributed by atoms with Gasteiger partial charge in [-0.3, -0.25) is 0 Å². The molecule has 1 aromatic carbocycles. The van der Waals surface area contributed by atoms with Crippen LogP contribution in [0.3, 0.4) is 0 Å². The van der Waals surface area contributed by atoms with Crippen LogP contribution in [0.15, 0.2) is 28.7 Å². The van der Waals surface area contributed by atoms with Crippen LogP contribution in [-0.2, 0) is 13.0 Å². The summed E-state index contributed by atoms with van der Waals surface area (Å²) in [4.78, 5) is 17.1. The topological polar surface area (TPSA) is 85.0 Å². The molecule has 0 bridgehead atoms. The van der Waals surface area contributed by atoms with Gasteiger partial charge in [0.2, 0.25) is 0 Å². The molecule has 0 spiro atoms. The van der Waals surface area contributed by atoms with Crippen molar-refractivity contribution in [1.29, 1.82) is 0 Å². The zero-order chi connectivity index (χ0) is 19.8. The van der Waals surface area contributed by atoms with E-state index in [0.717, 1.165) is 46.8 Å². The number of fused-ring (bicyclic) bond motifs is 2. The molecule has 2 N–H and O–H groups in total. The number of urea groups is 1. The second kappa shape index (κ2) is 7.30. The first-order valence-electron chi connectivity index (χ1n) is 9.91. The number of nitrogens with zero attached hydrogens (tertiary/aromatic N) is 3. The van der Waals surface area contributed by atoms with Gasteiger partial charge in [-0.25, -0.2) is 14.5 Å². The Kier molecular flexibility index (Phi) is 4.83. The summed E-state index contributed by atoms with van der Waals surface area (Å²) >= 11 is 0. The summed E-state index contributed by atoms with van der Waals surface area (Å²) in [5.74, 6) is 2.98. The third-order valence-electron chi connectivity index (χ3n) is 5.35. The molecule has 7 heteroatoms. The zero-order valence-corrected chi connectivity index (χ0v) is 16.8. The van der Waals surface area contributed by atoms with Crippen LogP contribution in [0.2, 0.25) is 0 Å². The van der Waals surface area contributed by atoms with Crippen LogP contribution in [0.4, 0.5) is 4.79 Å². The average molecular weight is 381 g/mol. The largest absolute Gasteiger partial charge is 0.459 e. The Bertz CT molecular complexity index is 1000. The van der Waals surface area contributed by atoms with Gasteiger partial charge >= 0.3 is 6.03 Å². The van der Waals surface area contributed by atoms with Crippen molar-refractivity contribution in [3.63, 3.8) is 0 Å². The number of aromatic nitrogens is 3. The van der Waals surface area contributed by atoms with E-state index in [1.54, 1.807) is 0 Å². The van der Waals surface area contributed by atoms with Gasteiger partial charge in [-0.05, 0) is 26.3 Å². The maximum absolute atomic E-state index is 12.5. The first kappa shape index (κ1) is 18.5. The summed E-state index contributed by atoms with van der Waals surface area (Å²) in [5, 5.41) is 11.7. The summed E-state index contributed by atoms with van der Waals surface area (Å²) in [6.07, 6.45) is 1.69. The van der Waals surface area contributed by atoms with Crippen molar-refractivity contribution in [3.8, 4) is 0 Å². The van der Waals surface area contributed by atoms with Crippen molar-refractivity contribution in [2.75, 3.05) is 0 Å². The molecule has 0 aliphatic carbocycles. The maximum atomic E-state index is 12.5. The number of rotatable bonds is 4. The Morgan fingerprint density at radius 1 is 1.29 bits per heavy atom. The van der Waals surface area contributed by atoms with Gasteiger partial charge in [0.1, 0.15) is 17.2 Å². The molecule has 148 valence electrons. The lowest BCUT2D eigenvalue weighted by Crippen LogP contribution is -2.46. The number of furan rings is 1. The van der Waals surface area contributed by atoms with Gasteiger partial charge in [0, 0.05) is 23.3 Å². The van der Waals surface area contributed by atoms with E-state index in [2.05, 4.69) is 34.6 Å². The predicted octanol–water partition coefficient (Wildman–Crippen LogP) is 3.83. The molecule has 0 radical (unpaired) electrons. The molecule has 0 saturated heterocycles. The van der Waals surface area contributed by atoms with Gasteiger partial charge in [0.15, 0.2) is 5.82 Å². The smallest absolute Gasteiger partial charge is 0.315 e. The summed E-state index contributed by atoms with van der Waals surface area (Å²) in [6, 6.07) is 7.56. The lowest BCUT2D eigenvalue weighted by molar-refractivity contribution is 0.227. The summed E-state index contributed by atoms with van der Waals surface area (Å²) in [5.41, 5.74) is 1.91. The molecule has 0 saturated carbocycles. The van der Waals surface area contributed by atoms with E-state index in [0.29, 0.717) is 12.5 Å². The Morgan fingerprint density at radius 2 is 2.07 bits per heavy atom. The zero-order valence-electron chi connectivity index (χ0n) is 16.8. The fraction of sp³-hybridized carbons (Fsp3) is 0.476. The minimum Gasteiger partial charge on any atom is -0.459 e. The van der Waals surface area contributed by atoms with E-state index in [-0.39, 0.29) is 18.1 Å². The minimum absolute atomic E-state index is 0.0400. The molecule has 1 aliphatic rings.